The zero-order valence-electron chi connectivity index (χ0n) is 17.0. The molecule has 1 atom stereocenters. The zero-order chi connectivity index (χ0) is 20.8. The molecule has 0 radical (unpaired) electrons. The molecule has 1 aromatic carbocycles. The maximum Gasteiger partial charge on any atom is 0.255 e. The van der Waals surface area contributed by atoms with Gasteiger partial charge in [0.25, 0.3) is 5.91 Å². The van der Waals surface area contributed by atoms with E-state index >= 15 is 0 Å². The van der Waals surface area contributed by atoms with E-state index in [1.807, 2.05) is 57.4 Å². The van der Waals surface area contributed by atoms with Crippen LogP contribution in [0.25, 0.3) is 11.1 Å². The molecule has 2 aromatic heterocycles. The Morgan fingerprint density at radius 3 is 2.62 bits per heavy atom. The summed E-state index contributed by atoms with van der Waals surface area (Å²) in [7, 11) is 1.84. The standard InChI is InChI=1S/C22H27N5O2/c1-15(2)20(14-29-13-16-7-5-4-6-8-16)26-22(28)19-9-17(10-24-21(19)23)18-11-25-27(3)12-18/h4-12,15,20H,13-14H2,1-3H3,(H2,23,24)(H,26,28). The van der Waals surface area contributed by atoms with Crippen LogP contribution in [0.15, 0.2) is 55.0 Å². The van der Waals surface area contributed by atoms with E-state index in [0.717, 1.165) is 16.7 Å². The number of amides is 1. The molecule has 7 heteroatoms. The monoisotopic (exact) mass is 393 g/mol. The molecule has 7 nitrogen and oxygen atoms in total. The lowest BCUT2D eigenvalue weighted by molar-refractivity contribution is 0.0724. The van der Waals surface area contributed by atoms with Crippen LogP contribution in [-0.4, -0.2) is 33.3 Å². The van der Waals surface area contributed by atoms with Crippen molar-refractivity contribution in [2.24, 2.45) is 13.0 Å². The molecule has 0 saturated carbocycles. The Morgan fingerprint density at radius 2 is 1.97 bits per heavy atom. The first-order valence-corrected chi connectivity index (χ1v) is 9.61. The summed E-state index contributed by atoms with van der Waals surface area (Å²) in [5, 5.41) is 7.20. The average Bonchev–Trinajstić information content (AvgIpc) is 3.14. The maximum atomic E-state index is 12.9. The Hall–Kier alpha value is -3.19. The summed E-state index contributed by atoms with van der Waals surface area (Å²) in [6.07, 6.45) is 5.23. The van der Waals surface area contributed by atoms with E-state index in [2.05, 4.69) is 15.4 Å². The molecule has 3 N–H and O–H groups in total. The summed E-state index contributed by atoms with van der Waals surface area (Å²) in [4.78, 5) is 17.1. The van der Waals surface area contributed by atoms with E-state index < -0.39 is 0 Å². The number of anilines is 1. The molecule has 2 heterocycles. The van der Waals surface area contributed by atoms with Gasteiger partial charge in [-0.1, -0.05) is 44.2 Å². The molecule has 3 aromatic rings. The minimum atomic E-state index is -0.261. The number of hydrogen-bond donors (Lipinski definition) is 2. The van der Waals surface area contributed by atoms with Gasteiger partial charge in [-0.15, -0.1) is 0 Å². The van der Waals surface area contributed by atoms with Crippen LogP contribution in [0.1, 0.15) is 29.8 Å². The number of aromatic nitrogens is 3. The molecule has 0 fully saturated rings. The molecule has 1 unspecified atom stereocenters. The number of benzene rings is 1. The molecule has 0 saturated heterocycles. The predicted octanol–water partition coefficient (Wildman–Crippen LogP) is 3.04. The number of ether oxygens (including phenoxy) is 1. The van der Waals surface area contributed by atoms with Crippen LogP contribution >= 0.6 is 0 Å². The molecule has 152 valence electrons. The number of nitrogens with zero attached hydrogens (tertiary/aromatic N) is 3. The number of nitrogens with two attached hydrogens (primary N) is 1. The molecular formula is C22H27N5O2. The van der Waals surface area contributed by atoms with Crippen LogP contribution in [0.4, 0.5) is 5.82 Å². The maximum absolute atomic E-state index is 12.9. The molecule has 0 aliphatic rings. The SMILES string of the molecule is CC(C)C(COCc1ccccc1)NC(=O)c1cc(-c2cnn(C)c2)cnc1N. The number of nitrogen functional groups attached to an aromatic ring is 1. The molecule has 0 spiro atoms. The largest absolute Gasteiger partial charge is 0.383 e. The summed E-state index contributed by atoms with van der Waals surface area (Å²) in [6, 6.07) is 11.6. The predicted molar refractivity (Wildman–Crippen MR) is 113 cm³/mol. The Bertz CT molecular complexity index is 953. The normalized spacial score (nSPS) is 12.1. The van der Waals surface area contributed by atoms with Crippen molar-refractivity contribution in [3.05, 3.63) is 66.1 Å². The van der Waals surface area contributed by atoms with Crippen molar-refractivity contribution in [2.45, 2.75) is 26.5 Å². The van der Waals surface area contributed by atoms with Gasteiger partial charge in [0.05, 0.1) is 31.0 Å². The fraction of sp³-hybridized carbons (Fsp3) is 0.318. The second kappa shape index (κ2) is 9.34. The lowest BCUT2D eigenvalue weighted by atomic mass is 10.0. The summed E-state index contributed by atoms with van der Waals surface area (Å²) >= 11 is 0. The highest BCUT2D eigenvalue weighted by molar-refractivity contribution is 5.99. The molecule has 1 amide bonds. The molecule has 0 aliphatic heterocycles. The second-order valence-corrected chi connectivity index (χ2v) is 7.38. The summed E-state index contributed by atoms with van der Waals surface area (Å²) in [5.41, 5.74) is 9.09. The number of pyridine rings is 1. The van der Waals surface area contributed by atoms with Crippen molar-refractivity contribution in [3.8, 4) is 11.1 Å². The third-order valence-electron chi connectivity index (χ3n) is 4.73. The number of carbonyl (C=O) groups is 1. The lowest BCUT2D eigenvalue weighted by Gasteiger charge is -2.23. The molecular weight excluding hydrogens is 366 g/mol. The van der Waals surface area contributed by atoms with E-state index in [-0.39, 0.29) is 23.7 Å². The fourth-order valence-electron chi connectivity index (χ4n) is 2.91. The van der Waals surface area contributed by atoms with Gasteiger partial charge >= 0.3 is 0 Å². The number of rotatable bonds is 8. The van der Waals surface area contributed by atoms with Gasteiger partial charge in [-0.25, -0.2) is 4.98 Å². The van der Waals surface area contributed by atoms with E-state index in [0.29, 0.717) is 18.8 Å². The van der Waals surface area contributed by atoms with Gasteiger partial charge in [0.15, 0.2) is 0 Å². The van der Waals surface area contributed by atoms with Gasteiger partial charge in [-0.2, -0.15) is 5.10 Å². The van der Waals surface area contributed by atoms with E-state index in [9.17, 15) is 4.79 Å². The topological polar surface area (TPSA) is 95.1 Å². The van der Waals surface area contributed by atoms with Gasteiger partial charge in [0.1, 0.15) is 5.82 Å². The van der Waals surface area contributed by atoms with Crippen LogP contribution in [0.5, 0.6) is 0 Å². The molecule has 0 bridgehead atoms. The third kappa shape index (κ3) is 5.42. The third-order valence-corrected chi connectivity index (χ3v) is 4.73. The first-order chi connectivity index (χ1) is 13.9. The number of carbonyl (C=O) groups excluding carboxylic acids is 1. The summed E-state index contributed by atoms with van der Waals surface area (Å²) in [6.45, 7) is 5.00. The van der Waals surface area contributed by atoms with Crippen LogP contribution < -0.4 is 11.1 Å². The number of aryl methyl sites for hydroxylation is 1. The summed E-state index contributed by atoms with van der Waals surface area (Å²) < 4.78 is 7.53. The highest BCUT2D eigenvalue weighted by Gasteiger charge is 2.20. The van der Waals surface area contributed by atoms with Crippen molar-refractivity contribution in [1.82, 2.24) is 20.1 Å². The number of hydrogen-bond acceptors (Lipinski definition) is 5. The Morgan fingerprint density at radius 1 is 1.21 bits per heavy atom. The van der Waals surface area contributed by atoms with Crippen molar-refractivity contribution >= 4 is 11.7 Å². The van der Waals surface area contributed by atoms with Crippen molar-refractivity contribution in [3.63, 3.8) is 0 Å². The van der Waals surface area contributed by atoms with Crippen LogP contribution in [-0.2, 0) is 18.4 Å². The minimum Gasteiger partial charge on any atom is -0.383 e. The van der Waals surface area contributed by atoms with Gasteiger partial charge in [-0.3, -0.25) is 9.48 Å². The van der Waals surface area contributed by atoms with Crippen molar-refractivity contribution < 1.29 is 9.53 Å². The quantitative estimate of drug-likeness (QED) is 0.613. The van der Waals surface area contributed by atoms with E-state index in [1.54, 1.807) is 23.1 Å². The van der Waals surface area contributed by atoms with Gasteiger partial charge in [0, 0.05) is 30.6 Å². The van der Waals surface area contributed by atoms with Crippen LogP contribution in [0.3, 0.4) is 0 Å². The van der Waals surface area contributed by atoms with Crippen molar-refractivity contribution in [1.29, 1.82) is 0 Å². The molecule has 0 aliphatic carbocycles. The van der Waals surface area contributed by atoms with Gasteiger partial charge < -0.3 is 15.8 Å². The average molecular weight is 393 g/mol. The zero-order valence-corrected chi connectivity index (χ0v) is 17.0. The summed E-state index contributed by atoms with van der Waals surface area (Å²) in [5.74, 6) is 0.135. The first kappa shape index (κ1) is 20.5. The van der Waals surface area contributed by atoms with Crippen LogP contribution in [0, 0.1) is 5.92 Å². The van der Waals surface area contributed by atoms with Gasteiger partial charge in [0.2, 0.25) is 0 Å². The molecule has 3 rings (SSSR count). The highest BCUT2D eigenvalue weighted by Crippen LogP contribution is 2.21. The van der Waals surface area contributed by atoms with Crippen LogP contribution in [0.2, 0.25) is 0 Å². The Kier molecular flexibility index (Phi) is 6.61. The van der Waals surface area contributed by atoms with E-state index in [1.165, 1.54) is 0 Å². The Labute approximate surface area is 170 Å². The highest BCUT2D eigenvalue weighted by atomic mass is 16.5. The minimum absolute atomic E-state index is 0.146. The van der Waals surface area contributed by atoms with Crippen molar-refractivity contribution in [2.75, 3.05) is 12.3 Å². The Balaban J connectivity index is 1.67. The van der Waals surface area contributed by atoms with E-state index in [4.69, 9.17) is 10.5 Å². The fourth-order valence-corrected chi connectivity index (χ4v) is 2.91. The molecule has 29 heavy (non-hydrogen) atoms. The van der Waals surface area contributed by atoms with Gasteiger partial charge in [-0.05, 0) is 17.5 Å². The first-order valence-electron chi connectivity index (χ1n) is 9.61. The number of nitrogens with one attached hydrogen (secondary N) is 1. The second-order valence-electron chi connectivity index (χ2n) is 7.38. The smallest absolute Gasteiger partial charge is 0.255 e. The lowest BCUT2D eigenvalue weighted by Crippen LogP contribution is -2.42.